The van der Waals surface area contributed by atoms with Gasteiger partial charge >= 0.3 is 0 Å². The van der Waals surface area contributed by atoms with E-state index in [1.54, 1.807) is 6.07 Å². The number of hydrogen-bond acceptors (Lipinski definition) is 3. The first-order chi connectivity index (χ1) is 13.0. The lowest BCUT2D eigenvalue weighted by Gasteiger charge is -2.27. The van der Waals surface area contributed by atoms with E-state index in [9.17, 15) is 9.92 Å². The lowest BCUT2D eigenvalue weighted by Crippen LogP contribution is -2.23. The normalized spacial score (nSPS) is 25.8. The first-order valence-electron chi connectivity index (χ1n) is 9.19. The van der Waals surface area contributed by atoms with Gasteiger partial charge in [-0.2, -0.15) is 0 Å². The predicted octanol–water partition coefficient (Wildman–Crippen LogP) is 5.41. The van der Waals surface area contributed by atoms with Crippen LogP contribution in [0.2, 0.25) is 0 Å². The molecule has 2 aromatic rings. The molecule has 1 heterocycles. The zero-order chi connectivity index (χ0) is 19.0. The van der Waals surface area contributed by atoms with Crippen LogP contribution in [0, 0.1) is 5.82 Å². The molecule has 0 spiro atoms. The van der Waals surface area contributed by atoms with E-state index >= 15 is 0 Å². The van der Waals surface area contributed by atoms with Gasteiger partial charge in [-0.15, -0.1) is 0 Å². The lowest BCUT2D eigenvalue weighted by molar-refractivity contribution is -0.139. The van der Waals surface area contributed by atoms with E-state index in [2.05, 4.69) is 22.2 Å². The number of azide groups is 1. The molecule has 0 N–H and O–H groups in total. The highest BCUT2D eigenvalue weighted by molar-refractivity contribution is 5.45. The van der Waals surface area contributed by atoms with Gasteiger partial charge in [-0.05, 0) is 72.5 Å². The van der Waals surface area contributed by atoms with Gasteiger partial charge in [-0.25, -0.2) is 4.39 Å². The van der Waals surface area contributed by atoms with Crippen molar-refractivity contribution >= 4 is 0 Å². The van der Waals surface area contributed by atoms with Crippen molar-refractivity contribution in [2.45, 2.75) is 50.5 Å². The van der Waals surface area contributed by atoms with Crippen molar-refractivity contribution in [3.05, 3.63) is 81.0 Å². The second-order valence-electron chi connectivity index (χ2n) is 7.66. The third-order valence-electron chi connectivity index (χ3n) is 5.40. The summed E-state index contributed by atoms with van der Waals surface area (Å²) in [7, 11) is 0. The van der Waals surface area contributed by atoms with Gasteiger partial charge in [0.05, 0.1) is 18.8 Å². The third kappa shape index (κ3) is 3.56. The Morgan fingerprint density at radius 2 is 1.96 bits per heavy atom. The van der Waals surface area contributed by atoms with Gasteiger partial charge < -0.3 is 9.47 Å². The molecule has 3 atom stereocenters. The SMILES string of the molecule is CC1(C)OC[C@@H](C[C@@H]2c3ccccc3Cc3ccc(F)cc3[C@H]2N=[N+]=[N-])O1. The Balaban J connectivity index is 1.81. The van der Waals surface area contributed by atoms with E-state index in [1.165, 1.54) is 17.7 Å². The summed E-state index contributed by atoms with van der Waals surface area (Å²) >= 11 is 0. The van der Waals surface area contributed by atoms with Crippen molar-refractivity contribution in [1.29, 1.82) is 0 Å². The van der Waals surface area contributed by atoms with Crippen molar-refractivity contribution in [2.24, 2.45) is 5.11 Å². The standard InChI is InChI=1S/C21H22FN3O2/c1-21(2)26-12-16(27-21)11-19-17-6-4-3-5-13(17)9-14-7-8-15(22)10-18(14)20(19)24-25-23/h3-8,10,16,19-20H,9,11-12H2,1-2H3/t16-,19-,20-/m1/s1. The molecule has 0 radical (unpaired) electrons. The van der Waals surface area contributed by atoms with Gasteiger partial charge in [0.2, 0.25) is 0 Å². The highest BCUT2D eigenvalue weighted by Crippen LogP contribution is 2.45. The minimum absolute atomic E-state index is 0.107. The van der Waals surface area contributed by atoms with Crippen LogP contribution in [-0.4, -0.2) is 18.5 Å². The Labute approximate surface area is 157 Å². The molecule has 1 aliphatic carbocycles. The number of ether oxygens (including phenoxy) is 2. The summed E-state index contributed by atoms with van der Waals surface area (Å²) in [6.07, 6.45) is 1.22. The van der Waals surface area contributed by atoms with Crippen LogP contribution in [0.1, 0.15) is 54.5 Å². The number of nitrogens with zero attached hydrogens (tertiary/aromatic N) is 3. The van der Waals surface area contributed by atoms with E-state index in [0.29, 0.717) is 19.4 Å². The zero-order valence-electron chi connectivity index (χ0n) is 15.4. The van der Waals surface area contributed by atoms with Crippen LogP contribution in [-0.2, 0) is 15.9 Å². The largest absolute Gasteiger partial charge is 0.348 e. The molecule has 2 aliphatic rings. The first-order valence-corrected chi connectivity index (χ1v) is 9.19. The van der Waals surface area contributed by atoms with E-state index in [4.69, 9.17) is 9.47 Å². The molecule has 140 valence electrons. The molecule has 5 nitrogen and oxygen atoms in total. The lowest BCUT2D eigenvalue weighted by atomic mass is 9.83. The number of benzene rings is 2. The Morgan fingerprint density at radius 1 is 1.19 bits per heavy atom. The van der Waals surface area contributed by atoms with Crippen molar-refractivity contribution < 1.29 is 13.9 Å². The molecule has 1 aliphatic heterocycles. The molecule has 1 fully saturated rings. The molecule has 4 rings (SSSR count). The summed E-state index contributed by atoms with van der Waals surface area (Å²) in [4.78, 5) is 3.09. The van der Waals surface area contributed by atoms with Crippen molar-refractivity contribution in [3.63, 3.8) is 0 Å². The molecule has 1 saturated heterocycles. The van der Waals surface area contributed by atoms with Gasteiger partial charge in [0.15, 0.2) is 5.79 Å². The zero-order valence-corrected chi connectivity index (χ0v) is 15.4. The number of fused-ring (bicyclic) bond motifs is 2. The van der Waals surface area contributed by atoms with Gasteiger partial charge in [0.1, 0.15) is 5.82 Å². The van der Waals surface area contributed by atoms with E-state index in [1.807, 2.05) is 26.0 Å². The summed E-state index contributed by atoms with van der Waals surface area (Å²) in [5.41, 5.74) is 13.3. The van der Waals surface area contributed by atoms with E-state index in [0.717, 1.165) is 16.7 Å². The van der Waals surface area contributed by atoms with Gasteiger partial charge in [0.25, 0.3) is 0 Å². The van der Waals surface area contributed by atoms with Crippen LogP contribution in [0.3, 0.4) is 0 Å². The first kappa shape index (κ1) is 18.0. The Bertz CT molecular complexity index is 908. The van der Waals surface area contributed by atoms with Gasteiger partial charge in [-0.3, -0.25) is 0 Å². The van der Waals surface area contributed by atoms with Crippen LogP contribution < -0.4 is 0 Å². The fourth-order valence-corrected chi connectivity index (χ4v) is 4.27. The Hall–Kier alpha value is -2.40. The molecular formula is C21H22FN3O2. The minimum Gasteiger partial charge on any atom is -0.348 e. The van der Waals surface area contributed by atoms with Crippen LogP contribution in [0.25, 0.3) is 10.4 Å². The molecule has 0 amide bonds. The molecule has 6 heteroatoms. The second kappa shape index (κ2) is 6.97. The molecule has 0 bridgehead atoms. The molecule has 27 heavy (non-hydrogen) atoms. The van der Waals surface area contributed by atoms with Gasteiger partial charge in [0, 0.05) is 4.91 Å². The van der Waals surface area contributed by atoms with Crippen LogP contribution in [0.5, 0.6) is 0 Å². The molecule has 0 unspecified atom stereocenters. The fourth-order valence-electron chi connectivity index (χ4n) is 4.27. The smallest absolute Gasteiger partial charge is 0.163 e. The average Bonchev–Trinajstić information content (AvgIpc) is 2.92. The highest BCUT2D eigenvalue weighted by Gasteiger charge is 2.38. The highest BCUT2D eigenvalue weighted by atomic mass is 19.1. The summed E-state index contributed by atoms with van der Waals surface area (Å²) in [6, 6.07) is 12.4. The quantitative estimate of drug-likeness (QED) is 0.414. The Kier molecular flexibility index (Phi) is 4.64. The summed E-state index contributed by atoms with van der Waals surface area (Å²) in [5.74, 6) is -1.05. The van der Waals surface area contributed by atoms with Crippen LogP contribution in [0.4, 0.5) is 4.39 Å². The molecule has 0 aromatic heterocycles. The number of hydrogen-bond donors (Lipinski definition) is 0. The fraction of sp³-hybridized carbons (Fsp3) is 0.429. The monoisotopic (exact) mass is 367 g/mol. The predicted molar refractivity (Wildman–Crippen MR) is 99.8 cm³/mol. The number of rotatable bonds is 3. The Morgan fingerprint density at radius 3 is 2.70 bits per heavy atom. The summed E-state index contributed by atoms with van der Waals surface area (Å²) in [6.45, 7) is 4.28. The second-order valence-corrected chi connectivity index (χ2v) is 7.66. The van der Waals surface area contributed by atoms with Crippen LogP contribution in [0.15, 0.2) is 47.6 Å². The maximum absolute atomic E-state index is 14.0. The summed E-state index contributed by atoms with van der Waals surface area (Å²) in [5, 5.41) is 4.10. The maximum atomic E-state index is 14.0. The van der Waals surface area contributed by atoms with E-state index in [-0.39, 0.29) is 17.8 Å². The minimum atomic E-state index is -0.618. The average molecular weight is 367 g/mol. The molecule has 0 saturated carbocycles. The van der Waals surface area contributed by atoms with Crippen molar-refractivity contribution in [3.8, 4) is 0 Å². The van der Waals surface area contributed by atoms with Crippen LogP contribution >= 0.6 is 0 Å². The van der Waals surface area contributed by atoms with Crippen molar-refractivity contribution in [1.82, 2.24) is 0 Å². The molecule has 2 aromatic carbocycles. The topological polar surface area (TPSA) is 67.2 Å². The number of halogens is 1. The van der Waals surface area contributed by atoms with Crippen molar-refractivity contribution in [2.75, 3.05) is 6.61 Å². The van der Waals surface area contributed by atoms with Gasteiger partial charge in [-0.1, -0.05) is 35.4 Å². The molecular weight excluding hydrogens is 345 g/mol. The third-order valence-corrected chi connectivity index (χ3v) is 5.40. The van der Waals surface area contributed by atoms with E-state index < -0.39 is 11.8 Å². The maximum Gasteiger partial charge on any atom is 0.163 e. The summed E-state index contributed by atoms with van der Waals surface area (Å²) < 4.78 is 25.8.